The molecule has 0 unspecified atom stereocenters. The molecule has 0 aliphatic heterocycles. The van der Waals surface area contributed by atoms with Gasteiger partial charge in [-0.05, 0) is 21.8 Å². The smallest absolute Gasteiger partial charge is 0.268 e. The van der Waals surface area contributed by atoms with Gasteiger partial charge in [-0.15, -0.1) is 0 Å². The molecule has 1 aromatic heterocycles. The summed E-state index contributed by atoms with van der Waals surface area (Å²) in [5.41, 5.74) is -0.228. The highest BCUT2D eigenvalue weighted by Crippen LogP contribution is 2.16. The van der Waals surface area contributed by atoms with E-state index in [1.165, 1.54) is 6.33 Å². The van der Waals surface area contributed by atoms with E-state index in [1.807, 2.05) is 13.8 Å². The summed E-state index contributed by atoms with van der Waals surface area (Å²) < 4.78 is 5.64. The molecule has 0 saturated heterocycles. The minimum atomic E-state index is -0.228. The second kappa shape index (κ2) is 4.41. The van der Waals surface area contributed by atoms with E-state index in [4.69, 9.17) is 4.74 Å². The first-order valence-corrected chi connectivity index (χ1v) is 4.76. The van der Waals surface area contributed by atoms with E-state index in [9.17, 15) is 4.79 Å². The number of aromatic nitrogens is 2. The molecular weight excluding hydrogens is 236 g/mol. The summed E-state index contributed by atoms with van der Waals surface area (Å²) in [7, 11) is 0. The van der Waals surface area contributed by atoms with E-state index in [2.05, 4.69) is 25.9 Å². The van der Waals surface area contributed by atoms with Crippen LogP contribution in [0, 0.1) is 5.92 Å². The van der Waals surface area contributed by atoms with Gasteiger partial charge in [0.2, 0.25) is 5.88 Å². The summed E-state index contributed by atoms with van der Waals surface area (Å²) in [5.74, 6) is 0.755. The van der Waals surface area contributed by atoms with Crippen LogP contribution >= 0.6 is 15.9 Å². The second-order valence-corrected chi connectivity index (χ2v) is 3.85. The van der Waals surface area contributed by atoms with Crippen LogP contribution in [0.5, 0.6) is 5.88 Å². The van der Waals surface area contributed by atoms with Crippen molar-refractivity contribution in [3.05, 3.63) is 21.2 Å². The summed E-state index contributed by atoms with van der Waals surface area (Å²) in [6.07, 6.45) is 1.32. The summed E-state index contributed by atoms with van der Waals surface area (Å²) in [4.78, 5) is 17.4. The first-order valence-electron chi connectivity index (χ1n) is 3.97. The van der Waals surface area contributed by atoms with Crippen LogP contribution < -0.4 is 10.3 Å². The lowest BCUT2D eigenvalue weighted by molar-refractivity contribution is 0.258. The fourth-order valence-electron chi connectivity index (χ4n) is 0.713. The Balaban J connectivity index is 2.77. The van der Waals surface area contributed by atoms with E-state index in [-0.39, 0.29) is 5.56 Å². The fraction of sp³-hybridized carbons (Fsp3) is 0.500. The molecule has 1 aromatic rings. The molecule has 5 heteroatoms. The normalized spacial score (nSPS) is 10.5. The number of hydrogen-bond donors (Lipinski definition) is 1. The number of nitrogens with zero attached hydrogens (tertiary/aromatic N) is 1. The molecule has 1 heterocycles. The Kier molecular flexibility index (Phi) is 3.48. The van der Waals surface area contributed by atoms with Gasteiger partial charge >= 0.3 is 0 Å². The monoisotopic (exact) mass is 246 g/mol. The third kappa shape index (κ3) is 2.84. The number of aromatic amines is 1. The Morgan fingerprint density at radius 1 is 1.69 bits per heavy atom. The highest BCUT2D eigenvalue weighted by atomic mass is 79.9. The number of ether oxygens (including phenoxy) is 1. The van der Waals surface area contributed by atoms with Crippen molar-refractivity contribution in [3.63, 3.8) is 0 Å². The molecule has 0 aromatic carbocycles. The van der Waals surface area contributed by atoms with Crippen LogP contribution in [0.25, 0.3) is 0 Å². The zero-order chi connectivity index (χ0) is 9.84. The van der Waals surface area contributed by atoms with Gasteiger partial charge in [-0.25, -0.2) is 4.98 Å². The molecule has 0 aliphatic rings. The Bertz CT molecular complexity index is 335. The highest BCUT2D eigenvalue weighted by molar-refractivity contribution is 9.10. The molecule has 0 fully saturated rings. The van der Waals surface area contributed by atoms with Gasteiger partial charge in [-0.3, -0.25) is 4.79 Å². The van der Waals surface area contributed by atoms with Gasteiger partial charge in [0.15, 0.2) is 0 Å². The quantitative estimate of drug-likeness (QED) is 0.881. The summed E-state index contributed by atoms with van der Waals surface area (Å²) in [6, 6.07) is 0. The fourth-order valence-corrected chi connectivity index (χ4v) is 1.04. The van der Waals surface area contributed by atoms with Gasteiger partial charge in [0, 0.05) is 0 Å². The van der Waals surface area contributed by atoms with Crippen molar-refractivity contribution in [2.75, 3.05) is 6.61 Å². The van der Waals surface area contributed by atoms with Crippen molar-refractivity contribution < 1.29 is 4.74 Å². The van der Waals surface area contributed by atoms with Crippen LogP contribution in [-0.4, -0.2) is 16.6 Å². The summed E-state index contributed by atoms with van der Waals surface area (Å²) >= 11 is 3.10. The summed E-state index contributed by atoms with van der Waals surface area (Å²) in [5, 5.41) is 0. The van der Waals surface area contributed by atoms with Crippen molar-refractivity contribution in [2.45, 2.75) is 13.8 Å². The second-order valence-electron chi connectivity index (χ2n) is 3.06. The standard InChI is InChI=1S/C8H11BrN2O2/c1-5(2)3-13-8-6(9)7(12)10-4-11-8/h4-5H,3H2,1-2H3,(H,10,11,12). The highest BCUT2D eigenvalue weighted by Gasteiger charge is 2.06. The SMILES string of the molecule is CC(C)COc1nc[nH]c(=O)c1Br. The van der Waals surface area contributed by atoms with Crippen LogP contribution in [0.1, 0.15) is 13.8 Å². The molecule has 0 amide bonds. The predicted octanol–water partition coefficient (Wildman–Crippen LogP) is 1.57. The zero-order valence-corrected chi connectivity index (χ0v) is 9.09. The van der Waals surface area contributed by atoms with Crippen molar-refractivity contribution >= 4 is 15.9 Å². The van der Waals surface area contributed by atoms with Crippen molar-refractivity contribution in [1.29, 1.82) is 0 Å². The Morgan fingerprint density at radius 3 is 3.00 bits per heavy atom. The largest absolute Gasteiger partial charge is 0.476 e. The van der Waals surface area contributed by atoms with Crippen molar-refractivity contribution in [1.82, 2.24) is 9.97 Å². The zero-order valence-electron chi connectivity index (χ0n) is 7.50. The van der Waals surface area contributed by atoms with Crippen molar-refractivity contribution in [2.24, 2.45) is 5.92 Å². The molecule has 0 aliphatic carbocycles. The Morgan fingerprint density at radius 2 is 2.38 bits per heavy atom. The van der Waals surface area contributed by atoms with Crippen LogP contribution in [0.4, 0.5) is 0 Å². The molecule has 0 bridgehead atoms. The Labute approximate surface area is 84.5 Å². The maximum atomic E-state index is 11.1. The molecule has 0 atom stereocenters. The van der Waals surface area contributed by atoms with Gasteiger partial charge in [0.05, 0.1) is 12.9 Å². The van der Waals surface area contributed by atoms with Gasteiger partial charge in [-0.1, -0.05) is 13.8 Å². The third-order valence-electron chi connectivity index (χ3n) is 1.32. The maximum absolute atomic E-state index is 11.1. The molecule has 0 radical (unpaired) electrons. The number of nitrogens with one attached hydrogen (secondary N) is 1. The van der Waals surface area contributed by atoms with E-state index in [0.717, 1.165) is 0 Å². The van der Waals surface area contributed by atoms with E-state index in [0.29, 0.717) is 22.9 Å². The minimum Gasteiger partial charge on any atom is -0.476 e. The molecule has 13 heavy (non-hydrogen) atoms. The average Bonchev–Trinajstić information content (AvgIpc) is 2.07. The molecular formula is C8H11BrN2O2. The number of hydrogen-bond acceptors (Lipinski definition) is 3. The van der Waals surface area contributed by atoms with Gasteiger partial charge in [-0.2, -0.15) is 0 Å². The van der Waals surface area contributed by atoms with E-state index >= 15 is 0 Å². The Hall–Kier alpha value is -0.840. The lowest BCUT2D eigenvalue weighted by Crippen LogP contribution is -2.12. The first kappa shape index (κ1) is 10.2. The van der Waals surface area contributed by atoms with E-state index in [1.54, 1.807) is 0 Å². The lowest BCUT2D eigenvalue weighted by Gasteiger charge is -2.07. The third-order valence-corrected chi connectivity index (χ3v) is 2.02. The number of halogens is 1. The minimum absolute atomic E-state index is 0.228. The number of rotatable bonds is 3. The maximum Gasteiger partial charge on any atom is 0.268 e. The topological polar surface area (TPSA) is 55.0 Å². The van der Waals surface area contributed by atoms with Gasteiger partial charge in [0.25, 0.3) is 5.56 Å². The molecule has 1 N–H and O–H groups in total. The molecule has 72 valence electrons. The van der Waals surface area contributed by atoms with Crippen molar-refractivity contribution in [3.8, 4) is 5.88 Å². The first-order chi connectivity index (χ1) is 6.11. The van der Waals surface area contributed by atoms with E-state index < -0.39 is 0 Å². The van der Waals surface area contributed by atoms with Crippen LogP contribution in [0.3, 0.4) is 0 Å². The van der Waals surface area contributed by atoms with Crippen LogP contribution in [-0.2, 0) is 0 Å². The predicted molar refractivity (Wildman–Crippen MR) is 52.9 cm³/mol. The molecule has 0 spiro atoms. The van der Waals surface area contributed by atoms with Crippen LogP contribution in [0.2, 0.25) is 0 Å². The summed E-state index contributed by atoms with van der Waals surface area (Å²) in [6.45, 7) is 4.61. The average molecular weight is 247 g/mol. The van der Waals surface area contributed by atoms with Gasteiger partial charge < -0.3 is 9.72 Å². The molecule has 0 saturated carbocycles. The van der Waals surface area contributed by atoms with Gasteiger partial charge in [0.1, 0.15) is 4.47 Å². The number of H-pyrrole nitrogens is 1. The molecule has 1 rings (SSSR count). The molecule has 4 nitrogen and oxygen atoms in total. The van der Waals surface area contributed by atoms with Crippen LogP contribution in [0.15, 0.2) is 15.6 Å². The lowest BCUT2D eigenvalue weighted by atomic mass is 10.2.